The molecule has 0 aliphatic rings. The molecule has 0 saturated heterocycles. The minimum Gasteiger partial charge on any atom is -0.480 e. The van der Waals surface area contributed by atoms with Crippen molar-refractivity contribution in [2.75, 3.05) is 5.75 Å². The summed E-state index contributed by atoms with van der Waals surface area (Å²) < 4.78 is 5.12. The van der Waals surface area contributed by atoms with E-state index in [1.165, 1.54) is 18.7 Å². The molecule has 3 N–H and O–H groups in total. The summed E-state index contributed by atoms with van der Waals surface area (Å²) in [5, 5.41) is 9.09. The number of nitrogens with two attached hydrogens (primary N) is 1. The van der Waals surface area contributed by atoms with Gasteiger partial charge in [0.15, 0.2) is 5.22 Å². The molecule has 1 unspecified atom stereocenters. The van der Waals surface area contributed by atoms with Crippen molar-refractivity contribution < 1.29 is 14.3 Å². The third-order valence-corrected chi connectivity index (χ3v) is 3.26. The van der Waals surface area contributed by atoms with E-state index >= 15 is 0 Å². The third kappa shape index (κ3) is 3.77. The fraction of sp³-hybridized carbons (Fsp3) is 0.444. The first-order chi connectivity index (χ1) is 6.92. The average Bonchev–Trinajstić information content (AvgIpc) is 2.51. The van der Waals surface area contributed by atoms with Crippen molar-refractivity contribution in [3.05, 3.63) is 23.1 Å². The number of carboxylic acid groups (broad SMARTS) is 1. The Bertz CT molecular complexity index is 351. The van der Waals surface area contributed by atoms with Crippen LogP contribution in [0.3, 0.4) is 0 Å². The Labute approximate surface area is 96.8 Å². The minimum absolute atomic E-state index is 0.320. The van der Waals surface area contributed by atoms with Gasteiger partial charge in [-0.2, -0.15) is 11.8 Å². The lowest BCUT2D eigenvalue weighted by Crippen LogP contribution is -2.47. The van der Waals surface area contributed by atoms with Gasteiger partial charge >= 0.3 is 5.97 Å². The van der Waals surface area contributed by atoms with Crippen molar-refractivity contribution in [1.82, 2.24) is 0 Å². The molecule has 84 valence electrons. The van der Waals surface area contributed by atoms with Gasteiger partial charge in [0.1, 0.15) is 11.3 Å². The largest absolute Gasteiger partial charge is 0.480 e. The molecule has 0 radical (unpaired) electrons. The maximum atomic E-state index is 10.7. The van der Waals surface area contributed by atoms with E-state index in [0.717, 1.165) is 0 Å². The normalized spacial score (nSPS) is 14.9. The topological polar surface area (TPSA) is 76.5 Å². The lowest BCUT2D eigenvalue weighted by molar-refractivity contribution is -0.141. The molecule has 1 atom stereocenters. The van der Waals surface area contributed by atoms with Crippen molar-refractivity contribution in [3.63, 3.8) is 0 Å². The van der Waals surface area contributed by atoms with Gasteiger partial charge in [0.25, 0.3) is 0 Å². The molecule has 0 aliphatic heterocycles. The van der Waals surface area contributed by atoms with Crippen molar-refractivity contribution in [2.45, 2.75) is 18.2 Å². The maximum Gasteiger partial charge on any atom is 0.324 e. The average molecular weight is 250 g/mol. The summed E-state index contributed by atoms with van der Waals surface area (Å²) in [7, 11) is 0. The van der Waals surface area contributed by atoms with Crippen molar-refractivity contribution in [1.29, 1.82) is 0 Å². The van der Waals surface area contributed by atoms with Crippen LogP contribution in [-0.2, 0) is 10.5 Å². The second-order valence-corrected chi connectivity index (χ2v) is 4.78. The summed E-state index contributed by atoms with van der Waals surface area (Å²) in [6.45, 7) is 1.48. The van der Waals surface area contributed by atoms with E-state index in [1.807, 2.05) is 0 Å². The smallest absolute Gasteiger partial charge is 0.324 e. The number of thioether (sulfide) groups is 1. The highest BCUT2D eigenvalue weighted by molar-refractivity contribution is 7.98. The Morgan fingerprint density at radius 1 is 1.73 bits per heavy atom. The highest BCUT2D eigenvalue weighted by atomic mass is 35.5. The summed E-state index contributed by atoms with van der Waals surface area (Å²) in [4.78, 5) is 10.7. The van der Waals surface area contributed by atoms with E-state index in [2.05, 4.69) is 0 Å². The fourth-order valence-corrected chi connectivity index (χ4v) is 2.02. The number of carbonyl (C=O) groups is 1. The third-order valence-electron chi connectivity index (χ3n) is 1.76. The molecule has 0 aliphatic carbocycles. The van der Waals surface area contributed by atoms with Crippen LogP contribution in [0.2, 0.25) is 5.22 Å². The first-order valence-corrected chi connectivity index (χ1v) is 5.79. The molecule has 0 aromatic carbocycles. The predicted octanol–water partition coefficient (Wildman–Crippen LogP) is 1.97. The monoisotopic (exact) mass is 249 g/mol. The van der Waals surface area contributed by atoms with Crippen molar-refractivity contribution >= 4 is 29.3 Å². The first kappa shape index (κ1) is 12.4. The van der Waals surface area contributed by atoms with Gasteiger partial charge in [-0.25, -0.2) is 0 Å². The molecule has 1 aromatic rings. The van der Waals surface area contributed by atoms with Crippen LogP contribution in [0.25, 0.3) is 0 Å². The Morgan fingerprint density at radius 3 is 2.87 bits per heavy atom. The lowest BCUT2D eigenvalue weighted by atomic mass is 10.1. The van der Waals surface area contributed by atoms with Gasteiger partial charge in [-0.15, -0.1) is 0 Å². The van der Waals surface area contributed by atoms with Crippen LogP contribution in [0, 0.1) is 0 Å². The van der Waals surface area contributed by atoms with E-state index in [0.29, 0.717) is 22.5 Å². The number of aliphatic carboxylic acids is 1. The molecule has 6 heteroatoms. The van der Waals surface area contributed by atoms with Gasteiger partial charge < -0.3 is 15.3 Å². The number of carboxylic acids is 1. The molecule has 15 heavy (non-hydrogen) atoms. The van der Waals surface area contributed by atoms with Gasteiger partial charge in [-0.05, 0) is 30.7 Å². The number of rotatable bonds is 5. The van der Waals surface area contributed by atoms with Crippen molar-refractivity contribution in [3.8, 4) is 0 Å². The molecule has 1 rings (SSSR count). The number of hydrogen-bond donors (Lipinski definition) is 2. The zero-order valence-electron chi connectivity index (χ0n) is 8.20. The number of furan rings is 1. The van der Waals surface area contributed by atoms with Gasteiger partial charge in [0.2, 0.25) is 0 Å². The van der Waals surface area contributed by atoms with Crippen LogP contribution in [0.4, 0.5) is 0 Å². The second-order valence-electron chi connectivity index (χ2n) is 3.42. The van der Waals surface area contributed by atoms with E-state index in [4.69, 9.17) is 26.9 Å². The van der Waals surface area contributed by atoms with Gasteiger partial charge in [0, 0.05) is 5.75 Å². The molecule has 0 saturated carbocycles. The Kier molecular flexibility index (Phi) is 4.07. The fourth-order valence-electron chi connectivity index (χ4n) is 0.855. The molecule has 1 aromatic heterocycles. The first-order valence-electron chi connectivity index (χ1n) is 4.26. The Hall–Kier alpha value is -0.650. The summed E-state index contributed by atoms with van der Waals surface area (Å²) in [6, 6.07) is 3.40. The predicted molar refractivity (Wildman–Crippen MR) is 60.1 cm³/mol. The Balaban J connectivity index is 2.36. The zero-order valence-corrected chi connectivity index (χ0v) is 9.77. The number of hydrogen-bond acceptors (Lipinski definition) is 4. The Morgan fingerprint density at radius 2 is 2.40 bits per heavy atom. The highest BCUT2D eigenvalue weighted by Gasteiger charge is 2.27. The summed E-state index contributed by atoms with van der Waals surface area (Å²) in [5.74, 6) is 0.589. The molecule has 4 nitrogen and oxygen atoms in total. The summed E-state index contributed by atoms with van der Waals surface area (Å²) in [5.41, 5.74) is 4.34. The van der Waals surface area contributed by atoms with Crippen LogP contribution >= 0.6 is 23.4 Å². The zero-order chi connectivity index (χ0) is 11.5. The van der Waals surface area contributed by atoms with Crippen molar-refractivity contribution in [2.24, 2.45) is 5.73 Å². The number of halogens is 1. The highest BCUT2D eigenvalue weighted by Crippen LogP contribution is 2.20. The summed E-state index contributed by atoms with van der Waals surface area (Å²) in [6.07, 6.45) is 0. The quantitative estimate of drug-likeness (QED) is 0.834. The molecule has 0 amide bonds. The SMILES string of the molecule is CC(N)(CSCc1ccc(Cl)o1)C(=O)O. The molecule has 0 bridgehead atoms. The van der Waals surface area contributed by atoms with Crippen LogP contribution in [0.1, 0.15) is 12.7 Å². The van der Waals surface area contributed by atoms with Gasteiger partial charge in [-0.3, -0.25) is 4.79 Å². The standard InChI is InChI=1S/C9H12ClNO3S/c1-9(11,8(12)13)5-15-4-6-2-3-7(10)14-6/h2-3H,4-5,11H2,1H3,(H,12,13). The summed E-state index contributed by atoms with van der Waals surface area (Å²) >= 11 is 6.98. The van der Waals surface area contributed by atoms with Crippen LogP contribution in [0.5, 0.6) is 0 Å². The van der Waals surface area contributed by atoms with E-state index in [1.54, 1.807) is 12.1 Å². The maximum absolute atomic E-state index is 10.7. The van der Waals surface area contributed by atoms with Gasteiger partial charge in [-0.1, -0.05) is 0 Å². The van der Waals surface area contributed by atoms with E-state index in [-0.39, 0.29) is 0 Å². The van der Waals surface area contributed by atoms with Crippen LogP contribution in [0.15, 0.2) is 16.5 Å². The molecular formula is C9H12ClNO3S. The lowest BCUT2D eigenvalue weighted by Gasteiger charge is -2.17. The van der Waals surface area contributed by atoms with E-state index in [9.17, 15) is 4.79 Å². The second kappa shape index (κ2) is 4.92. The van der Waals surface area contributed by atoms with Gasteiger partial charge in [0.05, 0.1) is 5.75 Å². The van der Waals surface area contributed by atoms with Crippen LogP contribution < -0.4 is 5.73 Å². The molecule has 0 fully saturated rings. The molecule has 1 heterocycles. The van der Waals surface area contributed by atoms with Crippen LogP contribution in [-0.4, -0.2) is 22.4 Å². The van der Waals surface area contributed by atoms with E-state index < -0.39 is 11.5 Å². The molecule has 0 spiro atoms. The minimum atomic E-state index is -1.21. The molecular weight excluding hydrogens is 238 g/mol.